The van der Waals surface area contributed by atoms with Crippen molar-refractivity contribution in [3.8, 4) is 5.75 Å². The van der Waals surface area contributed by atoms with Gasteiger partial charge in [-0.25, -0.2) is 0 Å². The van der Waals surface area contributed by atoms with Crippen LogP contribution in [-0.4, -0.2) is 55.4 Å². The lowest BCUT2D eigenvalue weighted by Crippen LogP contribution is -2.35. The van der Waals surface area contributed by atoms with Crippen LogP contribution in [-0.2, 0) is 4.79 Å². The predicted molar refractivity (Wildman–Crippen MR) is 85.0 cm³/mol. The van der Waals surface area contributed by atoms with E-state index < -0.39 is 0 Å². The molecule has 0 saturated carbocycles. The second-order valence-electron chi connectivity index (χ2n) is 5.81. The zero-order valence-corrected chi connectivity index (χ0v) is 13.4. The summed E-state index contributed by atoms with van der Waals surface area (Å²) >= 11 is 0. The van der Waals surface area contributed by atoms with E-state index in [1.54, 1.807) is 38.4 Å². The quantitative estimate of drug-likeness (QED) is 0.856. The van der Waals surface area contributed by atoms with Gasteiger partial charge in [0, 0.05) is 32.7 Å². The molecule has 1 heterocycles. The fourth-order valence-corrected chi connectivity index (χ4v) is 2.51. The fraction of sp³-hybridized carbons (Fsp3) is 0.529. The van der Waals surface area contributed by atoms with Crippen LogP contribution in [0.15, 0.2) is 24.3 Å². The molecule has 120 valence electrons. The van der Waals surface area contributed by atoms with Crippen molar-refractivity contribution >= 4 is 11.8 Å². The number of likely N-dealkylation sites (tertiary alicyclic amines) is 1. The molecule has 2 rings (SSSR count). The average molecular weight is 304 g/mol. The highest BCUT2D eigenvalue weighted by Crippen LogP contribution is 2.14. The summed E-state index contributed by atoms with van der Waals surface area (Å²) in [6.07, 6.45) is 4.55. The Morgan fingerprint density at radius 1 is 1.05 bits per heavy atom. The minimum atomic E-state index is -0.0489. The van der Waals surface area contributed by atoms with Gasteiger partial charge < -0.3 is 14.5 Å². The van der Waals surface area contributed by atoms with Gasteiger partial charge in [-0.1, -0.05) is 12.8 Å². The number of ether oxygens (including phenoxy) is 1. The third-order valence-electron chi connectivity index (χ3n) is 3.83. The standard InChI is InChI=1S/C17H24N2O3/c1-18(2)17(21)14-7-9-15(10-8-14)22-13-16(20)19-11-5-3-4-6-12-19/h7-10H,3-6,11-13H2,1-2H3. The summed E-state index contributed by atoms with van der Waals surface area (Å²) < 4.78 is 5.54. The zero-order chi connectivity index (χ0) is 15.9. The van der Waals surface area contributed by atoms with Crippen molar-refractivity contribution in [1.29, 1.82) is 0 Å². The summed E-state index contributed by atoms with van der Waals surface area (Å²) in [7, 11) is 3.43. The highest BCUT2D eigenvalue weighted by molar-refractivity contribution is 5.93. The molecule has 0 atom stereocenters. The molecule has 5 nitrogen and oxygen atoms in total. The minimum absolute atomic E-state index is 0.0374. The highest BCUT2D eigenvalue weighted by atomic mass is 16.5. The smallest absolute Gasteiger partial charge is 0.260 e. The average Bonchev–Trinajstić information content (AvgIpc) is 2.81. The van der Waals surface area contributed by atoms with Crippen LogP contribution in [0.4, 0.5) is 0 Å². The minimum Gasteiger partial charge on any atom is -0.484 e. The maximum absolute atomic E-state index is 12.1. The second-order valence-corrected chi connectivity index (χ2v) is 5.81. The molecule has 5 heteroatoms. The third kappa shape index (κ3) is 4.48. The number of nitrogens with zero attached hydrogens (tertiary/aromatic N) is 2. The molecule has 0 spiro atoms. The van der Waals surface area contributed by atoms with Crippen LogP contribution in [0.25, 0.3) is 0 Å². The van der Waals surface area contributed by atoms with Crippen molar-refractivity contribution in [3.63, 3.8) is 0 Å². The van der Waals surface area contributed by atoms with Crippen LogP contribution in [0.5, 0.6) is 5.75 Å². The summed E-state index contributed by atoms with van der Waals surface area (Å²) in [5.41, 5.74) is 0.608. The van der Waals surface area contributed by atoms with E-state index in [1.165, 1.54) is 17.7 Å². The van der Waals surface area contributed by atoms with Crippen molar-refractivity contribution in [2.45, 2.75) is 25.7 Å². The fourth-order valence-electron chi connectivity index (χ4n) is 2.51. The molecule has 1 fully saturated rings. The lowest BCUT2D eigenvalue weighted by Gasteiger charge is -2.20. The Hall–Kier alpha value is -2.04. The number of hydrogen-bond donors (Lipinski definition) is 0. The molecule has 1 aromatic rings. The van der Waals surface area contributed by atoms with Gasteiger partial charge >= 0.3 is 0 Å². The van der Waals surface area contributed by atoms with Gasteiger partial charge in [-0.05, 0) is 37.1 Å². The molecular formula is C17H24N2O3. The molecule has 0 unspecified atom stereocenters. The van der Waals surface area contributed by atoms with E-state index in [0.29, 0.717) is 11.3 Å². The van der Waals surface area contributed by atoms with E-state index in [-0.39, 0.29) is 18.4 Å². The van der Waals surface area contributed by atoms with E-state index in [2.05, 4.69) is 0 Å². The Kier molecular flexibility index (Phi) is 5.81. The summed E-state index contributed by atoms with van der Waals surface area (Å²) in [5, 5.41) is 0. The third-order valence-corrected chi connectivity index (χ3v) is 3.83. The number of carbonyl (C=O) groups is 2. The van der Waals surface area contributed by atoms with E-state index in [0.717, 1.165) is 25.9 Å². The summed E-state index contributed by atoms with van der Waals surface area (Å²) in [6.45, 7) is 1.72. The molecule has 2 amide bonds. The van der Waals surface area contributed by atoms with Crippen molar-refractivity contribution in [3.05, 3.63) is 29.8 Å². The maximum Gasteiger partial charge on any atom is 0.260 e. The maximum atomic E-state index is 12.1. The normalized spacial score (nSPS) is 15.1. The first-order valence-electron chi connectivity index (χ1n) is 7.80. The molecular weight excluding hydrogens is 280 g/mol. The van der Waals surface area contributed by atoms with Gasteiger partial charge in [0.05, 0.1) is 0 Å². The van der Waals surface area contributed by atoms with Gasteiger partial charge in [-0.3, -0.25) is 9.59 Å². The molecule has 0 radical (unpaired) electrons. The first-order chi connectivity index (χ1) is 10.6. The summed E-state index contributed by atoms with van der Waals surface area (Å²) in [5.74, 6) is 0.598. The number of rotatable bonds is 4. The van der Waals surface area contributed by atoms with Crippen LogP contribution >= 0.6 is 0 Å². The topological polar surface area (TPSA) is 49.9 Å². The number of hydrogen-bond acceptors (Lipinski definition) is 3. The van der Waals surface area contributed by atoms with Crippen molar-refractivity contribution in [2.24, 2.45) is 0 Å². The Bertz CT molecular complexity index is 503. The number of amides is 2. The summed E-state index contributed by atoms with van der Waals surface area (Å²) in [4.78, 5) is 27.3. The van der Waals surface area contributed by atoms with Gasteiger partial charge in [-0.2, -0.15) is 0 Å². The Morgan fingerprint density at radius 3 is 2.18 bits per heavy atom. The van der Waals surface area contributed by atoms with Crippen molar-refractivity contribution < 1.29 is 14.3 Å². The first kappa shape index (κ1) is 16.3. The van der Waals surface area contributed by atoms with E-state index in [4.69, 9.17) is 4.74 Å². The molecule has 0 N–H and O–H groups in total. The first-order valence-corrected chi connectivity index (χ1v) is 7.80. The molecule has 0 aliphatic carbocycles. The lowest BCUT2D eigenvalue weighted by atomic mass is 10.2. The van der Waals surface area contributed by atoms with Crippen LogP contribution in [0, 0.1) is 0 Å². The highest BCUT2D eigenvalue weighted by Gasteiger charge is 2.16. The van der Waals surface area contributed by atoms with Crippen molar-refractivity contribution in [1.82, 2.24) is 9.80 Å². The van der Waals surface area contributed by atoms with Gasteiger partial charge in [0.25, 0.3) is 11.8 Å². The SMILES string of the molecule is CN(C)C(=O)c1ccc(OCC(=O)N2CCCCCC2)cc1. The van der Waals surface area contributed by atoms with Crippen LogP contribution in [0.3, 0.4) is 0 Å². The lowest BCUT2D eigenvalue weighted by molar-refractivity contribution is -0.133. The van der Waals surface area contributed by atoms with Crippen LogP contribution in [0.2, 0.25) is 0 Å². The Morgan fingerprint density at radius 2 is 1.64 bits per heavy atom. The molecule has 1 aromatic carbocycles. The van der Waals surface area contributed by atoms with Crippen molar-refractivity contribution in [2.75, 3.05) is 33.8 Å². The predicted octanol–water partition coefficient (Wildman–Crippen LogP) is 2.17. The monoisotopic (exact) mass is 304 g/mol. The molecule has 1 aliphatic heterocycles. The molecule has 1 aliphatic rings. The molecule has 1 saturated heterocycles. The summed E-state index contributed by atoms with van der Waals surface area (Å²) in [6, 6.07) is 6.89. The van der Waals surface area contributed by atoms with Crippen LogP contribution < -0.4 is 4.74 Å². The largest absolute Gasteiger partial charge is 0.484 e. The molecule has 22 heavy (non-hydrogen) atoms. The molecule has 0 bridgehead atoms. The molecule has 0 aromatic heterocycles. The van der Waals surface area contributed by atoms with Gasteiger partial charge in [0.15, 0.2) is 6.61 Å². The second kappa shape index (κ2) is 7.82. The number of benzene rings is 1. The van der Waals surface area contributed by atoms with E-state index in [9.17, 15) is 9.59 Å². The van der Waals surface area contributed by atoms with E-state index >= 15 is 0 Å². The van der Waals surface area contributed by atoms with Gasteiger partial charge in [0.2, 0.25) is 0 Å². The van der Waals surface area contributed by atoms with E-state index in [1.807, 2.05) is 4.90 Å². The number of carbonyl (C=O) groups excluding carboxylic acids is 2. The van der Waals surface area contributed by atoms with Crippen LogP contribution in [0.1, 0.15) is 36.0 Å². The Balaban J connectivity index is 1.86. The zero-order valence-electron chi connectivity index (χ0n) is 13.4. The van der Waals surface area contributed by atoms with Gasteiger partial charge in [-0.15, -0.1) is 0 Å². The van der Waals surface area contributed by atoms with Gasteiger partial charge in [0.1, 0.15) is 5.75 Å². The Labute approximate surface area is 131 Å².